The number of ether oxygens (including phenoxy) is 1. The van der Waals surface area contributed by atoms with Crippen LogP contribution < -0.4 is 11.1 Å². The molecule has 0 radical (unpaired) electrons. The Morgan fingerprint density at radius 1 is 1.42 bits per heavy atom. The molecule has 0 aliphatic rings. The van der Waals surface area contributed by atoms with E-state index in [1.807, 2.05) is 12.1 Å². The number of hydrogen-bond acceptors (Lipinski definition) is 5. The predicted molar refractivity (Wildman–Crippen MR) is 75.2 cm³/mol. The molecule has 1 aromatic carbocycles. The van der Waals surface area contributed by atoms with Crippen LogP contribution >= 0.6 is 0 Å². The SMILES string of the molecule is COC(=O)c1ccc2ccnc(NCCCN)c2c1. The van der Waals surface area contributed by atoms with Crippen molar-refractivity contribution in [1.82, 2.24) is 4.98 Å². The first-order valence-corrected chi connectivity index (χ1v) is 6.17. The van der Waals surface area contributed by atoms with Crippen molar-refractivity contribution < 1.29 is 9.53 Å². The Labute approximate surface area is 111 Å². The number of methoxy groups -OCH3 is 1. The molecule has 0 atom stereocenters. The predicted octanol–water partition coefficient (Wildman–Crippen LogP) is 1.78. The van der Waals surface area contributed by atoms with Crippen LogP contribution in [0.25, 0.3) is 10.8 Å². The summed E-state index contributed by atoms with van der Waals surface area (Å²) in [6.45, 7) is 1.39. The van der Waals surface area contributed by atoms with Crippen molar-refractivity contribution in [2.45, 2.75) is 6.42 Å². The summed E-state index contributed by atoms with van der Waals surface area (Å²) in [5, 5.41) is 5.16. The normalized spacial score (nSPS) is 10.4. The number of pyridine rings is 1. The van der Waals surface area contributed by atoms with E-state index in [0.717, 1.165) is 29.6 Å². The van der Waals surface area contributed by atoms with Crippen LogP contribution in [0, 0.1) is 0 Å². The number of rotatable bonds is 5. The quantitative estimate of drug-likeness (QED) is 0.632. The van der Waals surface area contributed by atoms with E-state index in [1.54, 1.807) is 18.3 Å². The van der Waals surface area contributed by atoms with Gasteiger partial charge in [-0.15, -0.1) is 0 Å². The maximum Gasteiger partial charge on any atom is 0.337 e. The molecule has 5 heteroatoms. The molecule has 2 rings (SSSR count). The molecule has 19 heavy (non-hydrogen) atoms. The van der Waals surface area contributed by atoms with Crippen molar-refractivity contribution in [3.8, 4) is 0 Å². The van der Waals surface area contributed by atoms with Crippen molar-refractivity contribution >= 4 is 22.6 Å². The number of esters is 1. The summed E-state index contributed by atoms with van der Waals surface area (Å²) in [7, 11) is 1.37. The molecule has 0 spiro atoms. The van der Waals surface area contributed by atoms with Crippen molar-refractivity contribution in [3.63, 3.8) is 0 Å². The van der Waals surface area contributed by atoms with E-state index in [4.69, 9.17) is 10.5 Å². The third-order valence-corrected chi connectivity index (χ3v) is 2.86. The van der Waals surface area contributed by atoms with Crippen LogP contribution in [0.4, 0.5) is 5.82 Å². The van der Waals surface area contributed by atoms with Crippen LogP contribution in [-0.2, 0) is 4.74 Å². The average Bonchev–Trinajstić information content (AvgIpc) is 2.46. The van der Waals surface area contributed by atoms with Gasteiger partial charge in [0.15, 0.2) is 0 Å². The summed E-state index contributed by atoms with van der Waals surface area (Å²) >= 11 is 0. The standard InChI is InChI=1S/C14H17N3O2/c1-19-14(18)11-4-3-10-5-8-17-13(12(10)9-11)16-7-2-6-15/h3-5,8-9H,2,6-7,15H2,1H3,(H,16,17). The third kappa shape index (κ3) is 3.00. The highest BCUT2D eigenvalue weighted by atomic mass is 16.5. The minimum absolute atomic E-state index is 0.348. The smallest absolute Gasteiger partial charge is 0.337 e. The van der Waals surface area contributed by atoms with Crippen LogP contribution in [-0.4, -0.2) is 31.2 Å². The molecule has 3 N–H and O–H groups in total. The lowest BCUT2D eigenvalue weighted by molar-refractivity contribution is 0.0601. The van der Waals surface area contributed by atoms with Gasteiger partial charge in [-0.25, -0.2) is 9.78 Å². The second-order valence-electron chi connectivity index (χ2n) is 4.16. The van der Waals surface area contributed by atoms with Crippen LogP contribution in [0.15, 0.2) is 30.5 Å². The van der Waals surface area contributed by atoms with Crippen LogP contribution in [0.3, 0.4) is 0 Å². The zero-order valence-electron chi connectivity index (χ0n) is 10.8. The number of nitrogens with two attached hydrogens (primary N) is 1. The second-order valence-corrected chi connectivity index (χ2v) is 4.16. The van der Waals surface area contributed by atoms with E-state index in [9.17, 15) is 4.79 Å². The molecule has 100 valence electrons. The molecule has 0 saturated carbocycles. The number of fused-ring (bicyclic) bond motifs is 1. The molecule has 0 unspecified atom stereocenters. The van der Waals surface area contributed by atoms with E-state index in [0.29, 0.717) is 12.1 Å². The summed E-state index contributed by atoms with van der Waals surface area (Å²) in [6.07, 6.45) is 2.61. The Hall–Kier alpha value is -2.14. The van der Waals surface area contributed by atoms with Gasteiger partial charge in [0.2, 0.25) is 0 Å². The lowest BCUT2D eigenvalue weighted by atomic mass is 10.1. The highest BCUT2D eigenvalue weighted by Gasteiger charge is 2.08. The summed E-state index contributed by atoms with van der Waals surface area (Å²) in [4.78, 5) is 15.9. The van der Waals surface area contributed by atoms with E-state index < -0.39 is 0 Å². The average molecular weight is 259 g/mol. The third-order valence-electron chi connectivity index (χ3n) is 2.86. The molecule has 1 heterocycles. The van der Waals surface area contributed by atoms with Crippen LogP contribution in [0.1, 0.15) is 16.8 Å². The zero-order chi connectivity index (χ0) is 13.7. The number of nitrogens with one attached hydrogen (secondary N) is 1. The monoisotopic (exact) mass is 259 g/mol. The summed E-state index contributed by atoms with van der Waals surface area (Å²) in [5.41, 5.74) is 5.98. The Kier molecular flexibility index (Phi) is 4.30. The number of aromatic nitrogens is 1. The number of carbonyl (C=O) groups excluding carboxylic acids is 1. The molecule has 0 amide bonds. The van der Waals surface area contributed by atoms with Crippen LogP contribution in [0.5, 0.6) is 0 Å². The molecule has 0 bridgehead atoms. The lowest BCUT2D eigenvalue weighted by Crippen LogP contribution is -2.09. The molecule has 1 aromatic heterocycles. The highest BCUT2D eigenvalue weighted by Crippen LogP contribution is 2.22. The highest BCUT2D eigenvalue weighted by molar-refractivity contribution is 5.99. The topological polar surface area (TPSA) is 77.2 Å². The molecule has 5 nitrogen and oxygen atoms in total. The Bertz CT molecular complexity index is 584. The minimum atomic E-state index is -0.348. The maximum absolute atomic E-state index is 11.5. The van der Waals surface area contributed by atoms with Gasteiger partial charge >= 0.3 is 5.97 Å². The van der Waals surface area contributed by atoms with E-state index in [1.165, 1.54) is 7.11 Å². The largest absolute Gasteiger partial charge is 0.465 e. The Morgan fingerprint density at radius 3 is 3.00 bits per heavy atom. The second kappa shape index (κ2) is 6.15. The minimum Gasteiger partial charge on any atom is -0.465 e. The summed E-state index contributed by atoms with van der Waals surface area (Å²) in [5.74, 6) is 0.412. The zero-order valence-corrected chi connectivity index (χ0v) is 10.8. The van der Waals surface area contributed by atoms with Crippen molar-refractivity contribution in [2.24, 2.45) is 5.73 Å². The Balaban J connectivity index is 2.37. The van der Waals surface area contributed by atoms with Gasteiger partial charge in [-0.2, -0.15) is 0 Å². The van der Waals surface area contributed by atoms with Crippen molar-refractivity contribution in [3.05, 3.63) is 36.0 Å². The first kappa shape index (κ1) is 13.3. The number of anilines is 1. The molecule has 0 fully saturated rings. The van der Waals surface area contributed by atoms with Gasteiger partial charge in [0.05, 0.1) is 12.7 Å². The van der Waals surface area contributed by atoms with Crippen molar-refractivity contribution in [1.29, 1.82) is 0 Å². The first-order chi connectivity index (χ1) is 9.26. The molecule has 0 saturated heterocycles. The van der Waals surface area contributed by atoms with Gasteiger partial charge < -0.3 is 15.8 Å². The van der Waals surface area contributed by atoms with Gasteiger partial charge in [0.25, 0.3) is 0 Å². The molecule has 2 aromatic rings. The van der Waals surface area contributed by atoms with Gasteiger partial charge in [-0.05, 0) is 36.6 Å². The number of carbonyl (C=O) groups is 1. The van der Waals surface area contributed by atoms with Gasteiger partial charge in [-0.3, -0.25) is 0 Å². The Morgan fingerprint density at radius 2 is 2.26 bits per heavy atom. The summed E-state index contributed by atoms with van der Waals surface area (Å²) < 4.78 is 4.73. The number of benzene rings is 1. The fraction of sp³-hybridized carbons (Fsp3) is 0.286. The van der Waals surface area contributed by atoms with Gasteiger partial charge in [-0.1, -0.05) is 6.07 Å². The van der Waals surface area contributed by atoms with Crippen LogP contribution in [0.2, 0.25) is 0 Å². The molecule has 0 aliphatic carbocycles. The first-order valence-electron chi connectivity index (χ1n) is 6.17. The van der Waals surface area contributed by atoms with Gasteiger partial charge in [0.1, 0.15) is 5.82 Å². The molecular formula is C14H17N3O2. The number of nitrogens with zero attached hydrogens (tertiary/aromatic N) is 1. The van der Waals surface area contributed by atoms with E-state index in [2.05, 4.69) is 10.3 Å². The molecular weight excluding hydrogens is 242 g/mol. The fourth-order valence-corrected chi connectivity index (χ4v) is 1.86. The lowest BCUT2D eigenvalue weighted by Gasteiger charge is -2.09. The molecule has 0 aliphatic heterocycles. The van der Waals surface area contributed by atoms with Gasteiger partial charge in [0, 0.05) is 18.1 Å². The number of hydrogen-bond donors (Lipinski definition) is 2. The van der Waals surface area contributed by atoms with E-state index in [-0.39, 0.29) is 5.97 Å². The van der Waals surface area contributed by atoms with Crippen molar-refractivity contribution in [2.75, 3.05) is 25.5 Å². The summed E-state index contributed by atoms with van der Waals surface area (Å²) in [6, 6.07) is 7.33. The fourth-order valence-electron chi connectivity index (χ4n) is 1.86. The maximum atomic E-state index is 11.5. The van der Waals surface area contributed by atoms with E-state index >= 15 is 0 Å².